The van der Waals surface area contributed by atoms with Gasteiger partial charge in [0.2, 0.25) is 0 Å². The molecule has 0 radical (unpaired) electrons. The third-order valence-electron chi connectivity index (χ3n) is 9.02. The van der Waals surface area contributed by atoms with Gasteiger partial charge in [-0.3, -0.25) is 0 Å². The second-order valence-corrected chi connectivity index (χ2v) is 11.5. The van der Waals surface area contributed by atoms with Gasteiger partial charge in [-0.1, -0.05) is 136 Å². The van der Waals surface area contributed by atoms with Crippen LogP contribution >= 0.6 is 0 Å². The second kappa shape index (κ2) is 13.3. The molecule has 2 aliphatic carbocycles. The van der Waals surface area contributed by atoms with Gasteiger partial charge in [0.05, 0.1) is 0 Å². The van der Waals surface area contributed by atoms with Crippen LogP contribution < -0.4 is 0 Å². The van der Waals surface area contributed by atoms with Crippen LogP contribution in [-0.2, 0) is 0 Å². The molecule has 0 bridgehead atoms. The normalized spacial score (nSPS) is 33.3. The molecule has 0 heterocycles. The van der Waals surface area contributed by atoms with Crippen LogP contribution in [0.15, 0.2) is 0 Å². The molecule has 2 saturated carbocycles. The van der Waals surface area contributed by atoms with E-state index in [4.69, 9.17) is 0 Å². The van der Waals surface area contributed by atoms with Crippen LogP contribution in [-0.4, -0.2) is 0 Å². The summed E-state index contributed by atoms with van der Waals surface area (Å²) in [5, 5.41) is 0. The Labute approximate surface area is 179 Å². The van der Waals surface area contributed by atoms with Crippen molar-refractivity contribution in [3.05, 3.63) is 0 Å². The Balaban J connectivity index is 2.02. The first-order valence-corrected chi connectivity index (χ1v) is 13.6. The van der Waals surface area contributed by atoms with Gasteiger partial charge in [0.1, 0.15) is 0 Å². The molecule has 0 saturated heterocycles. The van der Waals surface area contributed by atoms with E-state index in [0.717, 1.165) is 5.92 Å². The van der Waals surface area contributed by atoms with Crippen LogP contribution in [0, 0.1) is 16.7 Å². The van der Waals surface area contributed by atoms with Gasteiger partial charge in [-0.2, -0.15) is 0 Å². The predicted octanol–water partition coefficient (Wildman–Crippen LogP) is 10.2. The Kier molecular flexibility index (Phi) is 11.6. The lowest BCUT2D eigenvalue weighted by Gasteiger charge is -2.48. The van der Waals surface area contributed by atoms with Crippen molar-refractivity contribution < 1.29 is 0 Å². The van der Waals surface area contributed by atoms with E-state index in [2.05, 4.69) is 20.8 Å². The molecule has 28 heavy (non-hydrogen) atoms. The zero-order chi connectivity index (χ0) is 20.1. The molecule has 0 aromatic heterocycles. The largest absolute Gasteiger partial charge is 0.0625 e. The molecule has 0 aromatic carbocycles. The van der Waals surface area contributed by atoms with Gasteiger partial charge in [-0.05, 0) is 42.4 Å². The zero-order valence-electron chi connectivity index (χ0n) is 20.1. The molecule has 0 heteroatoms. The van der Waals surface area contributed by atoms with Crippen LogP contribution in [0.3, 0.4) is 0 Å². The van der Waals surface area contributed by atoms with Crippen molar-refractivity contribution in [1.29, 1.82) is 0 Å². The van der Waals surface area contributed by atoms with E-state index in [1.54, 1.807) is 0 Å². The molecule has 2 rings (SSSR count). The Morgan fingerprint density at radius 2 is 0.643 bits per heavy atom. The average Bonchev–Trinajstić information content (AvgIpc) is 2.69. The topological polar surface area (TPSA) is 0 Å². The lowest BCUT2D eigenvalue weighted by atomic mass is 9.57. The van der Waals surface area contributed by atoms with E-state index < -0.39 is 0 Å². The molecule has 166 valence electrons. The molecular formula is C28H54. The molecular weight excluding hydrogens is 336 g/mol. The maximum Gasteiger partial charge on any atom is -0.0272 e. The van der Waals surface area contributed by atoms with E-state index in [-0.39, 0.29) is 0 Å². The standard InChI is InChI=1S/C28H54/c1-26-20-14-12-18-24-28(3,25-19-13-15-21-26)27(2)22-16-10-8-6-4-5-7-9-11-17-23-27/h26H,4-25H2,1-3H3. The third kappa shape index (κ3) is 8.39. The summed E-state index contributed by atoms with van der Waals surface area (Å²) in [6, 6.07) is 0. The first-order valence-electron chi connectivity index (χ1n) is 13.6. The van der Waals surface area contributed by atoms with E-state index in [1.807, 2.05) is 0 Å². The van der Waals surface area contributed by atoms with Gasteiger partial charge in [0.25, 0.3) is 0 Å². The van der Waals surface area contributed by atoms with Crippen LogP contribution in [0.1, 0.15) is 162 Å². The predicted molar refractivity (Wildman–Crippen MR) is 127 cm³/mol. The van der Waals surface area contributed by atoms with Gasteiger partial charge in [0, 0.05) is 0 Å². The van der Waals surface area contributed by atoms with Crippen LogP contribution in [0.4, 0.5) is 0 Å². The fourth-order valence-electron chi connectivity index (χ4n) is 6.42. The summed E-state index contributed by atoms with van der Waals surface area (Å²) >= 11 is 0. The van der Waals surface area contributed by atoms with Gasteiger partial charge < -0.3 is 0 Å². The Hall–Kier alpha value is 0. The molecule has 2 fully saturated rings. The summed E-state index contributed by atoms with van der Waals surface area (Å²) < 4.78 is 0. The Morgan fingerprint density at radius 3 is 0.964 bits per heavy atom. The minimum absolute atomic E-state index is 0.581. The summed E-state index contributed by atoms with van der Waals surface area (Å²) in [4.78, 5) is 0. The number of rotatable bonds is 1. The van der Waals surface area contributed by atoms with Crippen LogP contribution in [0.5, 0.6) is 0 Å². The van der Waals surface area contributed by atoms with Gasteiger partial charge in [-0.15, -0.1) is 0 Å². The Bertz CT molecular complexity index is 353. The minimum Gasteiger partial charge on any atom is -0.0625 e. The fraction of sp³-hybridized carbons (Fsp3) is 1.00. The third-order valence-corrected chi connectivity index (χ3v) is 9.02. The second-order valence-electron chi connectivity index (χ2n) is 11.5. The molecule has 0 unspecified atom stereocenters. The van der Waals surface area contributed by atoms with Crippen LogP contribution in [0.25, 0.3) is 0 Å². The SMILES string of the molecule is CC1CCCCCC(C)(C2(C)CCCCCCCCCCCC2)CCCCC1. The van der Waals surface area contributed by atoms with E-state index >= 15 is 0 Å². The highest BCUT2D eigenvalue weighted by atomic mass is 14.5. The van der Waals surface area contributed by atoms with Crippen molar-refractivity contribution in [2.24, 2.45) is 16.7 Å². The fourth-order valence-corrected chi connectivity index (χ4v) is 6.42. The lowest BCUT2D eigenvalue weighted by molar-refractivity contribution is 0.0205. The van der Waals surface area contributed by atoms with E-state index in [1.165, 1.54) is 141 Å². The first-order chi connectivity index (χ1) is 13.6. The lowest BCUT2D eigenvalue weighted by Crippen LogP contribution is -2.38. The summed E-state index contributed by atoms with van der Waals surface area (Å²) in [5.41, 5.74) is 1.16. The minimum atomic E-state index is 0.581. The highest BCUT2D eigenvalue weighted by Gasteiger charge is 2.42. The molecule has 0 aromatic rings. The highest BCUT2D eigenvalue weighted by Crippen LogP contribution is 2.53. The quantitative estimate of drug-likeness (QED) is 0.417. The highest BCUT2D eigenvalue weighted by molar-refractivity contribution is 4.92. The summed E-state index contributed by atoms with van der Waals surface area (Å²) in [6.45, 7) is 7.93. The molecule has 0 amide bonds. The van der Waals surface area contributed by atoms with Crippen molar-refractivity contribution in [3.63, 3.8) is 0 Å². The van der Waals surface area contributed by atoms with Gasteiger partial charge >= 0.3 is 0 Å². The average molecular weight is 391 g/mol. The Morgan fingerprint density at radius 1 is 0.393 bits per heavy atom. The van der Waals surface area contributed by atoms with Crippen molar-refractivity contribution in [2.45, 2.75) is 162 Å². The molecule has 0 spiro atoms. The molecule has 0 N–H and O–H groups in total. The van der Waals surface area contributed by atoms with Gasteiger partial charge in [-0.25, -0.2) is 0 Å². The summed E-state index contributed by atoms with van der Waals surface area (Å²) in [6.07, 6.45) is 32.8. The maximum absolute atomic E-state index is 2.72. The first kappa shape index (κ1) is 24.3. The summed E-state index contributed by atoms with van der Waals surface area (Å²) in [7, 11) is 0. The molecule has 0 nitrogen and oxygen atoms in total. The van der Waals surface area contributed by atoms with E-state index in [9.17, 15) is 0 Å². The molecule has 0 atom stereocenters. The zero-order valence-corrected chi connectivity index (χ0v) is 20.1. The van der Waals surface area contributed by atoms with Crippen molar-refractivity contribution >= 4 is 0 Å². The van der Waals surface area contributed by atoms with Crippen LogP contribution in [0.2, 0.25) is 0 Å². The van der Waals surface area contributed by atoms with Crippen molar-refractivity contribution in [2.75, 3.05) is 0 Å². The number of hydrogen-bond donors (Lipinski definition) is 0. The molecule has 0 aliphatic heterocycles. The van der Waals surface area contributed by atoms with Gasteiger partial charge in [0.15, 0.2) is 0 Å². The number of hydrogen-bond acceptors (Lipinski definition) is 0. The van der Waals surface area contributed by atoms with Crippen molar-refractivity contribution in [3.8, 4) is 0 Å². The summed E-state index contributed by atoms with van der Waals surface area (Å²) in [5.74, 6) is 0.971. The maximum atomic E-state index is 2.72. The smallest absolute Gasteiger partial charge is 0.0272 e. The van der Waals surface area contributed by atoms with E-state index in [0.29, 0.717) is 10.8 Å². The monoisotopic (exact) mass is 390 g/mol. The molecule has 2 aliphatic rings. The van der Waals surface area contributed by atoms with Crippen molar-refractivity contribution in [1.82, 2.24) is 0 Å².